The van der Waals surface area contributed by atoms with Crippen molar-refractivity contribution in [1.82, 2.24) is 34.3 Å². The first-order valence-corrected chi connectivity index (χ1v) is 9.53. The third-order valence-electron chi connectivity index (χ3n) is 4.91. The van der Waals surface area contributed by atoms with Gasteiger partial charge in [-0.05, 0) is 31.2 Å². The van der Waals surface area contributed by atoms with Crippen LogP contribution in [0.4, 0.5) is 5.82 Å². The summed E-state index contributed by atoms with van der Waals surface area (Å²) in [5.41, 5.74) is 4.47. The molecular weight excluding hydrogens is 380 g/mol. The fourth-order valence-electron chi connectivity index (χ4n) is 3.53. The number of aromatic nitrogens is 7. The van der Waals surface area contributed by atoms with E-state index >= 15 is 0 Å². The molecule has 5 aromatic rings. The number of rotatable bonds is 5. The van der Waals surface area contributed by atoms with Gasteiger partial charge in [-0.25, -0.2) is 19.9 Å². The molecule has 0 aliphatic carbocycles. The minimum absolute atomic E-state index is 0.122. The molecule has 9 nitrogen and oxygen atoms in total. The van der Waals surface area contributed by atoms with Gasteiger partial charge in [-0.15, -0.1) is 0 Å². The summed E-state index contributed by atoms with van der Waals surface area (Å²) in [6.45, 7) is 2.41. The lowest BCUT2D eigenvalue weighted by atomic mass is 10.1. The largest absolute Gasteiger partial charge is 0.368 e. The van der Waals surface area contributed by atoms with Gasteiger partial charge in [-0.2, -0.15) is 0 Å². The van der Waals surface area contributed by atoms with Crippen molar-refractivity contribution >= 4 is 22.6 Å². The van der Waals surface area contributed by atoms with Gasteiger partial charge in [-0.1, -0.05) is 12.1 Å². The Morgan fingerprint density at radius 1 is 1.07 bits per heavy atom. The second-order valence-corrected chi connectivity index (χ2v) is 6.81. The third-order valence-corrected chi connectivity index (χ3v) is 4.91. The van der Waals surface area contributed by atoms with Crippen LogP contribution in [0.5, 0.6) is 0 Å². The van der Waals surface area contributed by atoms with Crippen molar-refractivity contribution in [2.75, 3.05) is 11.9 Å². The highest BCUT2D eigenvalue weighted by Crippen LogP contribution is 2.19. The van der Waals surface area contributed by atoms with E-state index in [-0.39, 0.29) is 5.56 Å². The average Bonchev–Trinajstić information content (AvgIpc) is 3.24. The number of fused-ring (bicyclic) bond motifs is 2. The maximum absolute atomic E-state index is 13.4. The van der Waals surface area contributed by atoms with Crippen LogP contribution < -0.4 is 10.9 Å². The average molecular weight is 398 g/mol. The highest BCUT2D eigenvalue weighted by Gasteiger charge is 2.17. The van der Waals surface area contributed by atoms with Crippen LogP contribution in [0.3, 0.4) is 0 Å². The van der Waals surface area contributed by atoms with Gasteiger partial charge in [0.1, 0.15) is 17.5 Å². The maximum atomic E-state index is 13.4. The van der Waals surface area contributed by atoms with Gasteiger partial charge in [0, 0.05) is 24.9 Å². The zero-order chi connectivity index (χ0) is 20.5. The number of H-pyrrole nitrogens is 1. The van der Waals surface area contributed by atoms with Crippen LogP contribution in [-0.4, -0.2) is 40.8 Å². The lowest BCUT2D eigenvalue weighted by Crippen LogP contribution is -2.23. The first kappa shape index (κ1) is 17.9. The van der Waals surface area contributed by atoms with Gasteiger partial charge in [0.05, 0.1) is 23.3 Å². The molecule has 148 valence electrons. The summed E-state index contributed by atoms with van der Waals surface area (Å²) in [6.07, 6.45) is 5.25. The molecule has 0 spiro atoms. The van der Waals surface area contributed by atoms with Crippen molar-refractivity contribution in [2.45, 2.75) is 13.3 Å². The number of pyridine rings is 2. The normalized spacial score (nSPS) is 11.2. The molecule has 5 heterocycles. The molecule has 0 bridgehead atoms. The first-order valence-electron chi connectivity index (χ1n) is 9.53. The van der Waals surface area contributed by atoms with E-state index in [1.165, 1.54) is 6.33 Å². The Hall–Kier alpha value is -4.14. The van der Waals surface area contributed by atoms with Crippen molar-refractivity contribution in [2.24, 2.45) is 0 Å². The molecule has 0 fully saturated rings. The second-order valence-electron chi connectivity index (χ2n) is 6.81. The van der Waals surface area contributed by atoms with Gasteiger partial charge < -0.3 is 10.3 Å². The molecule has 0 saturated carbocycles. The Morgan fingerprint density at radius 3 is 2.87 bits per heavy atom. The highest BCUT2D eigenvalue weighted by molar-refractivity contribution is 5.81. The summed E-state index contributed by atoms with van der Waals surface area (Å²) < 4.78 is 1.62. The Morgan fingerprint density at radius 2 is 2.00 bits per heavy atom. The fraction of sp³-hybridized carbons (Fsp3) is 0.143. The van der Waals surface area contributed by atoms with Crippen molar-refractivity contribution in [3.8, 4) is 11.3 Å². The van der Waals surface area contributed by atoms with E-state index in [4.69, 9.17) is 4.98 Å². The first-order chi connectivity index (χ1) is 14.7. The smallest absolute Gasteiger partial charge is 0.267 e. The van der Waals surface area contributed by atoms with Gasteiger partial charge in [-0.3, -0.25) is 14.2 Å². The van der Waals surface area contributed by atoms with Gasteiger partial charge in [0.25, 0.3) is 5.56 Å². The lowest BCUT2D eigenvalue weighted by Gasteiger charge is -2.13. The van der Waals surface area contributed by atoms with E-state index in [9.17, 15) is 4.79 Å². The summed E-state index contributed by atoms with van der Waals surface area (Å²) in [6, 6.07) is 11.2. The monoisotopic (exact) mass is 398 g/mol. The van der Waals surface area contributed by atoms with E-state index < -0.39 is 0 Å². The number of hydrogen-bond donors (Lipinski definition) is 2. The molecule has 5 aromatic heterocycles. The summed E-state index contributed by atoms with van der Waals surface area (Å²) in [5.74, 6) is 0.633. The molecule has 0 aliphatic rings. The second kappa shape index (κ2) is 7.36. The molecule has 0 amide bonds. The number of imidazole rings is 1. The molecule has 30 heavy (non-hydrogen) atoms. The highest BCUT2D eigenvalue weighted by atomic mass is 16.1. The lowest BCUT2D eigenvalue weighted by molar-refractivity contribution is 0.911. The van der Waals surface area contributed by atoms with E-state index in [1.54, 1.807) is 16.9 Å². The SMILES string of the molecule is Cc1cccc2nc(CCNc3ncnc4[nH]cnc34)c(-c3ccccn3)c(=O)n12. The third kappa shape index (κ3) is 3.06. The standard InChI is InChI=1S/C21H18N8O/c1-13-5-4-7-16-28-15(17(21(30)29(13)16)14-6-2-3-9-22-14)8-10-23-19-18-20(25-11-24-18)27-12-26-19/h2-7,9,11-12H,8,10H2,1H3,(H2,23,24,25,26,27). The van der Waals surface area contributed by atoms with Crippen LogP contribution in [0.15, 0.2) is 60.0 Å². The van der Waals surface area contributed by atoms with Crippen LogP contribution in [0.2, 0.25) is 0 Å². The quantitative estimate of drug-likeness (QED) is 0.467. The Bertz CT molecular complexity index is 1410. The molecule has 0 atom stereocenters. The Balaban J connectivity index is 1.54. The molecule has 0 unspecified atom stereocenters. The molecule has 0 aliphatic heterocycles. The molecule has 0 aromatic carbocycles. The number of aryl methyl sites for hydroxylation is 1. The van der Waals surface area contributed by atoms with Crippen molar-refractivity contribution in [3.63, 3.8) is 0 Å². The van der Waals surface area contributed by atoms with Gasteiger partial charge in [0.15, 0.2) is 11.5 Å². The zero-order valence-corrected chi connectivity index (χ0v) is 16.2. The molecule has 0 radical (unpaired) electrons. The summed E-state index contributed by atoms with van der Waals surface area (Å²) in [5, 5.41) is 3.28. The minimum atomic E-state index is -0.122. The van der Waals surface area contributed by atoms with E-state index in [0.717, 1.165) is 5.69 Å². The Kier molecular flexibility index (Phi) is 4.40. The Labute approximate surface area is 170 Å². The molecule has 2 N–H and O–H groups in total. The summed E-state index contributed by atoms with van der Waals surface area (Å²) in [7, 11) is 0. The number of nitrogens with zero attached hydrogens (tertiary/aromatic N) is 6. The van der Waals surface area contributed by atoms with Crippen LogP contribution in [-0.2, 0) is 6.42 Å². The number of anilines is 1. The predicted octanol–water partition coefficient (Wildman–Crippen LogP) is 2.39. The predicted molar refractivity (Wildman–Crippen MR) is 113 cm³/mol. The molecule has 9 heteroatoms. The van der Waals surface area contributed by atoms with E-state index in [1.807, 2.05) is 43.3 Å². The van der Waals surface area contributed by atoms with Crippen LogP contribution in [0.25, 0.3) is 28.1 Å². The summed E-state index contributed by atoms with van der Waals surface area (Å²) in [4.78, 5) is 38.2. The minimum Gasteiger partial charge on any atom is -0.368 e. The number of aromatic amines is 1. The number of hydrogen-bond acceptors (Lipinski definition) is 7. The fourth-order valence-corrected chi connectivity index (χ4v) is 3.53. The van der Waals surface area contributed by atoms with Crippen molar-refractivity contribution < 1.29 is 0 Å². The molecular formula is C21H18N8O. The van der Waals surface area contributed by atoms with Crippen LogP contribution >= 0.6 is 0 Å². The van der Waals surface area contributed by atoms with Crippen LogP contribution in [0.1, 0.15) is 11.4 Å². The van der Waals surface area contributed by atoms with E-state index in [2.05, 4.69) is 30.2 Å². The number of nitrogens with one attached hydrogen (secondary N) is 2. The van der Waals surface area contributed by atoms with Crippen molar-refractivity contribution in [3.05, 3.63) is 77.0 Å². The summed E-state index contributed by atoms with van der Waals surface area (Å²) >= 11 is 0. The molecule has 5 rings (SSSR count). The van der Waals surface area contributed by atoms with Crippen molar-refractivity contribution in [1.29, 1.82) is 0 Å². The topological polar surface area (TPSA) is 114 Å². The van der Waals surface area contributed by atoms with Gasteiger partial charge in [0.2, 0.25) is 0 Å². The van der Waals surface area contributed by atoms with Crippen LogP contribution in [0, 0.1) is 6.92 Å². The maximum Gasteiger partial charge on any atom is 0.267 e. The molecule has 0 saturated heterocycles. The zero-order valence-electron chi connectivity index (χ0n) is 16.2. The van der Waals surface area contributed by atoms with E-state index in [0.29, 0.717) is 52.5 Å². The van der Waals surface area contributed by atoms with Gasteiger partial charge >= 0.3 is 0 Å².